The van der Waals surface area contributed by atoms with E-state index in [-0.39, 0.29) is 18.3 Å². The van der Waals surface area contributed by atoms with Crippen LogP contribution in [-0.4, -0.2) is 62.2 Å². The van der Waals surface area contributed by atoms with E-state index in [0.717, 1.165) is 55.7 Å². The summed E-state index contributed by atoms with van der Waals surface area (Å²) in [5.41, 5.74) is 4.58. The Morgan fingerprint density at radius 3 is 2.41 bits per heavy atom. The molecule has 0 bridgehead atoms. The van der Waals surface area contributed by atoms with E-state index in [1.54, 1.807) is 13.0 Å². The zero-order valence-corrected chi connectivity index (χ0v) is 26.4. The summed E-state index contributed by atoms with van der Waals surface area (Å²) < 4.78 is 8.79. The van der Waals surface area contributed by atoms with Crippen LogP contribution in [0.1, 0.15) is 35.7 Å². The minimum Gasteiger partial charge on any atom is -0.478 e. The van der Waals surface area contributed by atoms with Crippen LogP contribution in [0.25, 0.3) is 0 Å². The van der Waals surface area contributed by atoms with Crippen molar-refractivity contribution in [3.05, 3.63) is 113 Å². The highest BCUT2D eigenvalue weighted by Crippen LogP contribution is 2.42. The molecule has 3 aromatic rings. The van der Waals surface area contributed by atoms with Gasteiger partial charge in [-0.25, -0.2) is 9.59 Å². The summed E-state index contributed by atoms with van der Waals surface area (Å²) in [5.74, 6) is -1.47. The number of ether oxygens (including phenoxy) is 2. The second-order valence-electron chi connectivity index (χ2n) is 9.93. The van der Waals surface area contributed by atoms with E-state index in [9.17, 15) is 19.2 Å². The van der Waals surface area contributed by atoms with E-state index in [1.165, 1.54) is 11.6 Å². The average Bonchev–Trinajstić information content (AvgIpc) is 3.14. The molecule has 0 radical (unpaired) electrons. The zero-order valence-electron chi connectivity index (χ0n) is 25.6. The number of esters is 1. The standard InChI is InChI=1S/C31H34ClN3O3.C4H4O4/c1-2-38-30(36)15-10-20-33-19-8-9-21-34-27-14-7-6-13-26(27)31(37)35(22-18-24-11-4-3-5-12-24)28-17-16-25(32)23-29(28)34;5-3-8-2-1-4(6)7/h3-7,10-17,23,33H,2,8-9,18-22H2,1H3;1-3H,(H,6,7)/b15-10+;2-1-. The SMILES string of the molecule is CCOC(=O)/C=C/CNCCCCN1c2ccccc2C(=O)N(CCc2ccccc2)c2ccc(Cl)cc21.O=CO/C=C\C(=O)O. The maximum Gasteiger partial charge on any atom is 0.331 e. The fourth-order valence-electron chi connectivity index (χ4n) is 4.74. The van der Waals surface area contributed by atoms with Crippen molar-refractivity contribution in [2.75, 3.05) is 42.6 Å². The lowest BCUT2D eigenvalue weighted by Crippen LogP contribution is -2.32. The van der Waals surface area contributed by atoms with Gasteiger partial charge in [-0.05, 0) is 68.6 Å². The van der Waals surface area contributed by atoms with Crippen LogP contribution >= 0.6 is 11.6 Å². The highest BCUT2D eigenvalue weighted by Gasteiger charge is 2.30. The van der Waals surface area contributed by atoms with Crippen LogP contribution in [-0.2, 0) is 30.3 Å². The summed E-state index contributed by atoms with van der Waals surface area (Å²) in [4.78, 5) is 48.2. The first-order valence-corrected chi connectivity index (χ1v) is 15.3. The van der Waals surface area contributed by atoms with Crippen LogP contribution in [0.4, 0.5) is 17.1 Å². The van der Waals surface area contributed by atoms with E-state index in [2.05, 4.69) is 27.1 Å². The number of hydrogen-bond acceptors (Lipinski definition) is 8. The molecule has 0 atom stereocenters. The first-order valence-electron chi connectivity index (χ1n) is 14.9. The zero-order chi connectivity index (χ0) is 33.1. The van der Waals surface area contributed by atoms with Crippen LogP contribution in [0.5, 0.6) is 0 Å². The van der Waals surface area contributed by atoms with Crippen molar-refractivity contribution in [3.63, 3.8) is 0 Å². The molecule has 0 fully saturated rings. The van der Waals surface area contributed by atoms with Gasteiger partial charge in [-0.3, -0.25) is 9.59 Å². The highest BCUT2D eigenvalue weighted by atomic mass is 35.5. The highest BCUT2D eigenvalue weighted by molar-refractivity contribution is 6.31. The number of unbranched alkanes of at least 4 members (excludes halogenated alkanes) is 1. The van der Waals surface area contributed by atoms with Gasteiger partial charge in [-0.15, -0.1) is 0 Å². The molecular weight excluding hydrogens is 610 g/mol. The van der Waals surface area contributed by atoms with Crippen LogP contribution in [0.3, 0.4) is 0 Å². The number of para-hydroxylation sites is 1. The molecule has 3 aromatic carbocycles. The predicted molar refractivity (Wildman–Crippen MR) is 179 cm³/mol. The summed E-state index contributed by atoms with van der Waals surface area (Å²) in [6.07, 6.45) is 7.33. The Morgan fingerprint density at radius 1 is 0.913 bits per heavy atom. The number of anilines is 3. The number of carbonyl (C=O) groups excluding carboxylic acids is 3. The summed E-state index contributed by atoms with van der Waals surface area (Å²) in [6.45, 7) is 5.03. The van der Waals surface area contributed by atoms with Crippen molar-refractivity contribution < 1.29 is 33.8 Å². The van der Waals surface area contributed by atoms with Crippen molar-refractivity contribution in [1.29, 1.82) is 0 Å². The van der Waals surface area contributed by atoms with E-state index < -0.39 is 5.97 Å². The smallest absolute Gasteiger partial charge is 0.331 e. The molecule has 4 rings (SSSR count). The van der Waals surface area contributed by atoms with Crippen molar-refractivity contribution >= 4 is 53.0 Å². The molecule has 0 saturated heterocycles. The largest absolute Gasteiger partial charge is 0.478 e. The van der Waals surface area contributed by atoms with Gasteiger partial charge in [0.2, 0.25) is 0 Å². The number of amides is 1. The maximum atomic E-state index is 13.8. The quantitative estimate of drug-likeness (QED) is 0.0679. The lowest BCUT2D eigenvalue weighted by molar-refractivity contribution is -0.137. The molecule has 2 N–H and O–H groups in total. The number of carboxylic acid groups (broad SMARTS) is 1. The Labute approximate surface area is 273 Å². The molecule has 1 aliphatic rings. The Hall–Kier alpha value is -4.93. The number of halogens is 1. The number of hydrogen-bond donors (Lipinski definition) is 2. The molecule has 1 aliphatic heterocycles. The van der Waals surface area contributed by atoms with Gasteiger partial charge in [0.15, 0.2) is 0 Å². The van der Waals surface area contributed by atoms with E-state index in [4.69, 9.17) is 21.4 Å². The Morgan fingerprint density at radius 2 is 1.67 bits per heavy atom. The van der Waals surface area contributed by atoms with Crippen LogP contribution in [0, 0.1) is 0 Å². The van der Waals surface area contributed by atoms with E-state index >= 15 is 0 Å². The van der Waals surface area contributed by atoms with Crippen LogP contribution in [0.2, 0.25) is 5.02 Å². The predicted octanol–water partition coefficient (Wildman–Crippen LogP) is 5.93. The maximum absolute atomic E-state index is 13.8. The van der Waals surface area contributed by atoms with Gasteiger partial charge in [0, 0.05) is 30.7 Å². The third-order valence-corrected chi connectivity index (χ3v) is 7.02. The first-order chi connectivity index (χ1) is 22.3. The van der Waals surface area contributed by atoms with Gasteiger partial charge >= 0.3 is 11.9 Å². The minimum absolute atomic E-state index is 0.00217. The molecule has 242 valence electrons. The number of benzene rings is 3. The summed E-state index contributed by atoms with van der Waals surface area (Å²) in [6, 6.07) is 23.8. The molecule has 0 spiro atoms. The van der Waals surface area contributed by atoms with Gasteiger partial charge < -0.3 is 29.7 Å². The van der Waals surface area contributed by atoms with Crippen molar-refractivity contribution in [2.24, 2.45) is 0 Å². The van der Waals surface area contributed by atoms with E-state index in [1.807, 2.05) is 65.6 Å². The van der Waals surface area contributed by atoms with Gasteiger partial charge in [0.25, 0.3) is 12.4 Å². The Bertz CT molecular complexity index is 1510. The van der Waals surface area contributed by atoms with Crippen LogP contribution in [0.15, 0.2) is 97.3 Å². The molecule has 46 heavy (non-hydrogen) atoms. The molecule has 0 unspecified atom stereocenters. The van der Waals surface area contributed by atoms with Gasteiger partial charge in [-0.2, -0.15) is 0 Å². The Kier molecular flexibility index (Phi) is 15.0. The van der Waals surface area contributed by atoms with Crippen molar-refractivity contribution in [2.45, 2.75) is 26.2 Å². The minimum atomic E-state index is -1.15. The Balaban J connectivity index is 0.000000637. The summed E-state index contributed by atoms with van der Waals surface area (Å²) >= 11 is 6.47. The van der Waals surface area contributed by atoms with Crippen molar-refractivity contribution in [1.82, 2.24) is 5.32 Å². The number of rotatable bonds is 15. The molecule has 0 saturated carbocycles. The van der Waals surface area contributed by atoms with Crippen molar-refractivity contribution in [3.8, 4) is 0 Å². The third-order valence-electron chi connectivity index (χ3n) is 6.79. The molecule has 1 heterocycles. The van der Waals surface area contributed by atoms with Gasteiger partial charge in [0.1, 0.15) is 6.26 Å². The summed E-state index contributed by atoms with van der Waals surface area (Å²) in [5, 5.41) is 11.8. The monoisotopic (exact) mass is 647 g/mol. The van der Waals surface area contributed by atoms with Gasteiger partial charge in [0.05, 0.1) is 35.3 Å². The molecule has 0 aliphatic carbocycles. The second-order valence-corrected chi connectivity index (χ2v) is 10.4. The number of nitrogens with zero attached hydrogens (tertiary/aromatic N) is 2. The fourth-order valence-corrected chi connectivity index (χ4v) is 4.91. The molecule has 1 amide bonds. The van der Waals surface area contributed by atoms with Crippen LogP contribution < -0.4 is 15.1 Å². The second kappa shape index (κ2) is 19.5. The lowest BCUT2D eigenvalue weighted by Gasteiger charge is -2.28. The number of aliphatic carboxylic acids is 1. The molecule has 11 heteroatoms. The number of carbonyl (C=O) groups is 4. The first kappa shape index (κ1) is 35.5. The molecule has 0 aromatic heterocycles. The lowest BCUT2D eigenvalue weighted by atomic mass is 10.1. The fraction of sp³-hybridized carbons (Fsp3) is 0.257. The average molecular weight is 648 g/mol. The third kappa shape index (κ3) is 11.2. The normalized spacial score (nSPS) is 12.2. The van der Waals surface area contributed by atoms with E-state index in [0.29, 0.717) is 36.4 Å². The number of fused-ring (bicyclic) bond motifs is 2. The summed E-state index contributed by atoms with van der Waals surface area (Å²) in [7, 11) is 0. The molecule has 10 nitrogen and oxygen atoms in total. The topological polar surface area (TPSA) is 125 Å². The number of carboxylic acids is 1. The number of nitrogens with one attached hydrogen (secondary N) is 1. The van der Waals surface area contributed by atoms with Gasteiger partial charge in [-0.1, -0.05) is 60.1 Å². The molecular formula is C35H38ClN3O7.